The molecule has 0 bridgehead atoms. The van der Waals surface area contributed by atoms with Crippen LogP contribution in [0.5, 0.6) is 0 Å². The maximum Gasteiger partial charge on any atom is 0.0207 e. The highest BCUT2D eigenvalue weighted by molar-refractivity contribution is 9.10. The van der Waals surface area contributed by atoms with Gasteiger partial charge in [0.25, 0.3) is 0 Å². The van der Waals surface area contributed by atoms with Gasteiger partial charge in [0.2, 0.25) is 0 Å². The van der Waals surface area contributed by atoms with E-state index in [0.717, 1.165) is 12.8 Å². The number of hydrogen-bond donors (Lipinski definition) is 0. The fourth-order valence-electron chi connectivity index (χ4n) is 1.06. The highest BCUT2D eigenvalue weighted by atomic mass is 79.9. The van der Waals surface area contributed by atoms with Crippen molar-refractivity contribution in [2.45, 2.75) is 19.8 Å². The van der Waals surface area contributed by atoms with Crippen LogP contribution in [0, 0.1) is 6.92 Å². The fourth-order valence-corrected chi connectivity index (χ4v) is 1.49. The van der Waals surface area contributed by atoms with E-state index in [1.807, 2.05) is 6.08 Å². The molecule has 0 fully saturated rings. The summed E-state index contributed by atoms with van der Waals surface area (Å²) >= 11 is 3.51. The largest absolute Gasteiger partial charge is 0.103 e. The summed E-state index contributed by atoms with van der Waals surface area (Å²) in [4.78, 5) is 0. The van der Waals surface area contributed by atoms with Crippen LogP contribution < -0.4 is 0 Å². The molecule has 12 heavy (non-hydrogen) atoms. The number of benzene rings is 1. The monoisotopic (exact) mass is 224 g/mol. The van der Waals surface area contributed by atoms with E-state index >= 15 is 0 Å². The van der Waals surface area contributed by atoms with Crippen LogP contribution in [-0.4, -0.2) is 0 Å². The van der Waals surface area contributed by atoms with Gasteiger partial charge in [0.15, 0.2) is 0 Å². The topological polar surface area (TPSA) is 0 Å². The summed E-state index contributed by atoms with van der Waals surface area (Å²) in [6.07, 6.45) is 4.09. The summed E-state index contributed by atoms with van der Waals surface area (Å²) < 4.78 is 1.20. The van der Waals surface area contributed by atoms with Gasteiger partial charge >= 0.3 is 0 Å². The van der Waals surface area contributed by atoms with Crippen LogP contribution in [0.15, 0.2) is 35.3 Å². The van der Waals surface area contributed by atoms with E-state index in [2.05, 4.69) is 47.6 Å². The Hall–Kier alpha value is -0.560. The minimum absolute atomic E-state index is 1.05. The van der Waals surface area contributed by atoms with E-state index in [4.69, 9.17) is 0 Å². The number of hydrogen-bond acceptors (Lipinski definition) is 0. The third-order valence-corrected chi connectivity index (χ3v) is 2.73. The molecule has 0 heterocycles. The number of rotatable bonds is 3. The first kappa shape index (κ1) is 9.53. The fraction of sp³-hybridized carbons (Fsp3) is 0.273. The van der Waals surface area contributed by atoms with Gasteiger partial charge in [0.1, 0.15) is 0 Å². The molecular formula is C11H13Br. The third kappa shape index (κ3) is 2.49. The molecule has 1 aromatic rings. The number of allylic oxidation sites excluding steroid dienone is 1. The van der Waals surface area contributed by atoms with Gasteiger partial charge in [-0.15, -0.1) is 6.58 Å². The highest BCUT2D eigenvalue weighted by Gasteiger charge is 1.95. The molecule has 0 spiro atoms. The summed E-state index contributed by atoms with van der Waals surface area (Å²) in [6, 6.07) is 6.49. The van der Waals surface area contributed by atoms with Crippen LogP contribution in [0.3, 0.4) is 0 Å². The average molecular weight is 225 g/mol. The molecule has 1 aromatic carbocycles. The van der Waals surface area contributed by atoms with Crippen LogP contribution in [-0.2, 0) is 6.42 Å². The van der Waals surface area contributed by atoms with E-state index in [1.54, 1.807) is 0 Å². The summed E-state index contributed by atoms with van der Waals surface area (Å²) in [7, 11) is 0. The van der Waals surface area contributed by atoms with E-state index in [1.165, 1.54) is 15.6 Å². The summed E-state index contributed by atoms with van der Waals surface area (Å²) in [5.74, 6) is 0. The molecule has 0 N–H and O–H groups in total. The van der Waals surface area contributed by atoms with Crippen LogP contribution in [0.25, 0.3) is 0 Å². The van der Waals surface area contributed by atoms with Crippen molar-refractivity contribution >= 4 is 15.9 Å². The van der Waals surface area contributed by atoms with E-state index in [9.17, 15) is 0 Å². The third-order valence-electron chi connectivity index (χ3n) is 1.87. The molecule has 0 nitrogen and oxygen atoms in total. The molecule has 0 aromatic heterocycles. The van der Waals surface area contributed by atoms with Crippen LogP contribution >= 0.6 is 15.9 Å². The number of aryl methyl sites for hydroxylation is 2. The van der Waals surface area contributed by atoms with Crippen molar-refractivity contribution in [1.29, 1.82) is 0 Å². The smallest absolute Gasteiger partial charge is 0.0207 e. The van der Waals surface area contributed by atoms with Gasteiger partial charge in [0, 0.05) is 4.47 Å². The second-order valence-electron chi connectivity index (χ2n) is 2.91. The SMILES string of the molecule is C=CCCc1ccc(C)c(Br)c1. The van der Waals surface area contributed by atoms with Crippen LogP contribution in [0.2, 0.25) is 0 Å². The van der Waals surface area contributed by atoms with Crippen molar-refractivity contribution in [3.8, 4) is 0 Å². The first-order valence-corrected chi connectivity index (χ1v) is 4.89. The quantitative estimate of drug-likeness (QED) is 0.685. The van der Waals surface area contributed by atoms with Crippen molar-refractivity contribution in [3.05, 3.63) is 46.5 Å². The van der Waals surface area contributed by atoms with Gasteiger partial charge < -0.3 is 0 Å². The molecule has 0 amide bonds. The predicted octanol–water partition coefficient (Wildman–Crippen LogP) is 3.88. The van der Waals surface area contributed by atoms with Crippen LogP contribution in [0.1, 0.15) is 17.5 Å². The summed E-state index contributed by atoms with van der Waals surface area (Å²) in [6.45, 7) is 5.80. The lowest BCUT2D eigenvalue weighted by molar-refractivity contribution is 1.00. The molecule has 1 heteroatoms. The van der Waals surface area contributed by atoms with Gasteiger partial charge in [-0.2, -0.15) is 0 Å². The molecule has 0 unspecified atom stereocenters. The first-order valence-electron chi connectivity index (χ1n) is 4.10. The zero-order valence-corrected chi connectivity index (χ0v) is 8.89. The molecule has 64 valence electrons. The second kappa shape index (κ2) is 4.46. The maximum absolute atomic E-state index is 3.70. The Morgan fingerprint density at radius 2 is 2.25 bits per heavy atom. The van der Waals surface area contributed by atoms with E-state index in [0.29, 0.717) is 0 Å². The van der Waals surface area contributed by atoms with Crippen molar-refractivity contribution < 1.29 is 0 Å². The van der Waals surface area contributed by atoms with Crippen molar-refractivity contribution in [3.63, 3.8) is 0 Å². The van der Waals surface area contributed by atoms with Gasteiger partial charge in [-0.3, -0.25) is 0 Å². The standard InChI is InChI=1S/C11H13Br/c1-3-4-5-10-7-6-9(2)11(12)8-10/h3,6-8H,1,4-5H2,2H3. The zero-order valence-electron chi connectivity index (χ0n) is 7.31. The maximum atomic E-state index is 3.70. The lowest BCUT2D eigenvalue weighted by atomic mass is 10.1. The molecule has 0 radical (unpaired) electrons. The van der Waals surface area contributed by atoms with Gasteiger partial charge in [0.05, 0.1) is 0 Å². The van der Waals surface area contributed by atoms with Crippen LogP contribution in [0.4, 0.5) is 0 Å². The Balaban J connectivity index is 2.75. The predicted molar refractivity (Wildman–Crippen MR) is 57.4 cm³/mol. The molecule has 0 aliphatic carbocycles. The summed E-state index contributed by atoms with van der Waals surface area (Å²) in [5, 5.41) is 0. The molecular weight excluding hydrogens is 212 g/mol. The Morgan fingerprint density at radius 1 is 1.50 bits per heavy atom. The lowest BCUT2D eigenvalue weighted by Crippen LogP contribution is -1.84. The molecule has 0 saturated heterocycles. The molecule has 0 aliphatic heterocycles. The van der Waals surface area contributed by atoms with Crippen molar-refractivity contribution in [2.75, 3.05) is 0 Å². The average Bonchev–Trinajstić information content (AvgIpc) is 2.07. The Bertz CT molecular complexity index is 276. The van der Waals surface area contributed by atoms with Gasteiger partial charge in [-0.1, -0.05) is 34.1 Å². The van der Waals surface area contributed by atoms with Crippen molar-refractivity contribution in [1.82, 2.24) is 0 Å². The van der Waals surface area contributed by atoms with Gasteiger partial charge in [-0.05, 0) is 37.0 Å². The van der Waals surface area contributed by atoms with Gasteiger partial charge in [-0.25, -0.2) is 0 Å². The summed E-state index contributed by atoms with van der Waals surface area (Å²) in [5.41, 5.74) is 2.66. The molecule has 0 aliphatic rings. The Labute approximate surface area is 82.4 Å². The van der Waals surface area contributed by atoms with Crippen molar-refractivity contribution in [2.24, 2.45) is 0 Å². The second-order valence-corrected chi connectivity index (χ2v) is 3.77. The number of halogens is 1. The molecule has 0 saturated carbocycles. The highest BCUT2D eigenvalue weighted by Crippen LogP contribution is 2.18. The Morgan fingerprint density at radius 3 is 2.83 bits per heavy atom. The normalized spacial score (nSPS) is 9.83. The molecule has 0 atom stereocenters. The lowest BCUT2D eigenvalue weighted by Gasteiger charge is -2.01. The minimum atomic E-state index is 1.05. The first-order chi connectivity index (χ1) is 5.74. The zero-order chi connectivity index (χ0) is 8.97. The minimum Gasteiger partial charge on any atom is -0.103 e. The van der Waals surface area contributed by atoms with E-state index in [-0.39, 0.29) is 0 Å². The molecule has 1 rings (SSSR count). The van der Waals surface area contributed by atoms with E-state index < -0.39 is 0 Å². The Kier molecular flexibility index (Phi) is 3.54.